The van der Waals surface area contributed by atoms with Gasteiger partial charge in [-0.3, -0.25) is 4.57 Å². The second-order valence-corrected chi connectivity index (χ2v) is 17.6. The molecule has 9 aromatic carbocycles. The van der Waals surface area contributed by atoms with Gasteiger partial charge in [0.25, 0.3) is 0 Å². The third-order valence-corrected chi connectivity index (χ3v) is 13.6. The van der Waals surface area contributed by atoms with E-state index in [1.165, 1.54) is 60.8 Å². The molecule has 0 saturated carbocycles. The van der Waals surface area contributed by atoms with Crippen molar-refractivity contribution in [2.24, 2.45) is 0 Å². The van der Waals surface area contributed by atoms with E-state index in [2.05, 4.69) is 199 Å². The molecular weight excluding hydrogens is 791 g/mol. The smallest absolute Gasteiger partial charge is 0.238 e. The van der Waals surface area contributed by atoms with Crippen LogP contribution in [0.4, 0.5) is 0 Å². The summed E-state index contributed by atoms with van der Waals surface area (Å²) < 4.78 is 4.63. The van der Waals surface area contributed by atoms with Crippen LogP contribution in [-0.4, -0.2) is 24.1 Å². The lowest BCUT2D eigenvalue weighted by atomic mass is 9.82. The number of rotatable bonds is 6. The number of hydrogen-bond donors (Lipinski definition) is 0. The molecule has 5 heteroatoms. The Labute approximate surface area is 376 Å². The molecule has 0 N–H and O–H groups in total. The Morgan fingerprint density at radius 2 is 0.815 bits per heavy atom. The van der Waals surface area contributed by atoms with Crippen molar-refractivity contribution in [2.45, 2.75) is 19.3 Å². The van der Waals surface area contributed by atoms with Crippen LogP contribution >= 0.6 is 0 Å². The van der Waals surface area contributed by atoms with Crippen molar-refractivity contribution in [3.8, 4) is 67.8 Å². The lowest BCUT2D eigenvalue weighted by Crippen LogP contribution is -2.15. The van der Waals surface area contributed by atoms with Gasteiger partial charge < -0.3 is 4.57 Å². The van der Waals surface area contributed by atoms with Crippen molar-refractivity contribution in [3.63, 3.8) is 0 Å². The van der Waals surface area contributed by atoms with Gasteiger partial charge in [0.15, 0.2) is 11.6 Å². The van der Waals surface area contributed by atoms with Gasteiger partial charge in [0.2, 0.25) is 5.95 Å². The molecule has 0 fully saturated rings. The van der Waals surface area contributed by atoms with Crippen molar-refractivity contribution in [2.75, 3.05) is 0 Å². The molecule has 0 unspecified atom stereocenters. The van der Waals surface area contributed by atoms with Crippen molar-refractivity contribution >= 4 is 43.6 Å². The molecule has 0 radical (unpaired) electrons. The number of aromatic nitrogens is 5. The van der Waals surface area contributed by atoms with Gasteiger partial charge in [0.05, 0.1) is 22.1 Å². The summed E-state index contributed by atoms with van der Waals surface area (Å²) in [5.74, 6) is 1.85. The molecule has 3 heterocycles. The van der Waals surface area contributed by atoms with Gasteiger partial charge in [-0.15, -0.1) is 0 Å². The molecule has 0 amide bonds. The predicted octanol–water partition coefficient (Wildman–Crippen LogP) is 15.0. The molecule has 0 aliphatic heterocycles. The van der Waals surface area contributed by atoms with E-state index < -0.39 is 0 Å². The molecule has 0 bridgehead atoms. The van der Waals surface area contributed by atoms with Gasteiger partial charge in [0.1, 0.15) is 0 Å². The summed E-state index contributed by atoms with van der Waals surface area (Å²) in [7, 11) is 0. The molecular formula is C60H41N5. The Kier molecular flexibility index (Phi) is 8.18. The number of nitrogens with zero attached hydrogens (tertiary/aromatic N) is 5. The molecule has 5 nitrogen and oxygen atoms in total. The fourth-order valence-electron chi connectivity index (χ4n) is 10.5. The van der Waals surface area contributed by atoms with Crippen molar-refractivity contribution in [1.82, 2.24) is 24.1 Å². The van der Waals surface area contributed by atoms with Crippen LogP contribution in [0.5, 0.6) is 0 Å². The number of benzene rings is 9. The minimum absolute atomic E-state index is 0.191. The van der Waals surface area contributed by atoms with E-state index in [-0.39, 0.29) is 5.41 Å². The first kappa shape index (κ1) is 37.2. The Hall–Kier alpha value is -8.41. The van der Waals surface area contributed by atoms with Crippen LogP contribution in [0.1, 0.15) is 25.0 Å². The highest BCUT2D eigenvalue weighted by molar-refractivity contribution is 6.14. The van der Waals surface area contributed by atoms with Crippen molar-refractivity contribution < 1.29 is 0 Å². The molecule has 0 atom stereocenters. The van der Waals surface area contributed by atoms with Crippen LogP contribution in [0.2, 0.25) is 0 Å². The lowest BCUT2D eigenvalue weighted by molar-refractivity contribution is 0.661. The zero-order valence-corrected chi connectivity index (χ0v) is 35.9. The molecule has 65 heavy (non-hydrogen) atoms. The van der Waals surface area contributed by atoms with E-state index in [0.29, 0.717) is 17.6 Å². The van der Waals surface area contributed by atoms with Crippen LogP contribution in [0, 0.1) is 0 Å². The first-order chi connectivity index (χ1) is 32.0. The quantitative estimate of drug-likeness (QED) is 0.168. The first-order valence-electron chi connectivity index (χ1n) is 22.3. The second-order valence-electron chi connectivity index (χ2n) is 17.6. The van der Waals surface area contributed by atoms with Gasteiger partial charge in [-0.1, -0.05) is 172 Å². The largest absolute Gasteiger partial charge is 0.309 e. The molecule has 0 saturated heterocycles. The van der Waals surface area contributed by atoms with Crippen molar-refractivity contribution in [3.05, 3.63) is 223 Å². The maximum absolute atomic E-state index is 5.28. The number of hydrogen-bond acceptors (Lipinski definition) is 3. The monoisotopic (exact) mass is 831 g/mol. The summed E-state index contributed by atoms with van der Waals surface area (Å²) >= 11 is 0. The third-order valence-electron chi connectivity index (χ3n) is 13.6. The molecule has 3 aromatic heterocycles. The second kappa shape index (κ2) is 14.3. The van der Waals surface area contributed by atoms with Crippen LogP contribution in [0.25, 0.3) is 111 Å². The molecule has 12 aromatic rings. The van der Waals surface area contributed by atoms with Crippen LogP contribution < -0.4 is 0 Å². The maximum Gasteiger partial charge on any atom is 0.238 e. The Morgan fingerprint density at radius 1 is 0.323 bits per heavy atom. The fraction of sp³-hybridized carbons (Fsp3) is 0.0500. The molecule has 306 valence electrons. The average molecular weight is 832 g/mol. The van der Waals surface area contributed by atoms with E-state index in [1.54, 1.807) is 0 Å². The molecule has 0 spiro atoms. The third kappa shape index (κ3) is 5.75. The summed E-state index contributed by atoms with van der Waals surface area (Å²) in [4.78, 5) is 15.6. The van der Waals surface area contributed by atoms with E-state index >= 15 is 0 Å². The normalized spacial score (nSPS) is 12.9. The molecule has 1 aliphatic rings. The summed E-state index contributed by atoms with van der Waals surface area (Å²) in [5, 5.41) is 4.76. The van der Waals surface area contributed by atoms with Gasteiger partial charge >= 0.3 is 0 Å². The summed E-state index contributed by atoms with van der Waals surface area (Å²) in [6.45, 7) is 4.68. The first-order valence-corrected chi connectivity index (χ1v) is 22.3. The summed E-state index contributed by atoms with van der Waals surface area (Å²) in [6.07, 6.45) is 0. The summed E-state index contributed by atoms with van der Waals surface area (Å²) in [5.41, 5.74) is 17.2. The lowest BCUT2D eigenvalue weighted by Gasteiger charge is -2.21. The highest BCUT2D eigenvalue weighted by Crippen LogP contribution is 2.51. The zero-order chi connectivity index (χ0) is 43.2. The Morgan fingerprint density at radius 3 is 1.46 bits per heavy atom. The van der Waals surface area contributed by atoms with Crippen LogP contribution in [-0.2, 0) is 5.41 Å². The van der Waals surface area contributed by atoms with E-state index in [1.807, 2.05) is 36.4 Å². The number of fused-ring (bicyclic) bond motifs is 9. The maximum atomic E-state index is 5.28. The van der Waals surface area contributed by atoms with Gasteiger partial charge in [-0.25, -0.2) is 4.98 Å². The van der Waals surface area contributed by atoms with Gasteiger partial charge in [-0.2, -0.15) is 9.97 Å². The average Bonchev–Trinajstić information content (AvgIpc) is 3.96. The van der Waals surface area contributed by atoms with E-state index in [0.717, 1.165) is 44.2 Å². The topological polar surface area (TPSA) is 48.5 Å². The van der Waals surface area contributed by atoms with Crippen LogP contribution in [0.3, 0.4) is 0 Å². The molecule has 13 rings (SSSR count). The predicted molar refractivity (Wildman–Crippen MR) is 268 cm³/mol. The Balaban J connectivity index is 1.05. The molecule has 1 aliphatic carbocycles. The highest BCUT2D eigenvalue weighted by Gasteiger charge is 2.36. The zero-order valence-electron chi connectivity index (χ0n) is 35.9. The minimum atomic E-state index is -0.191. The van der Waals surface area contributed by atoms with Gasteiger partial charge in [-0.05, 0) is 99.1 Å². The number of para-hydroxylation sites is 2. The SMILES string of the molecule is CC1(C)c2ccccc2-c2cc3c4cc(-c5ccccc5-c5ccc6c(c5)c5ccccc5n6-c5ccccc5)ccc4n(-c4nc(-c5ccccc5)nc(-c5ccccc5)n4)c3cc21. The standard InChI is InChI=1S/C60H41N5/c1-60(2)51-28-16-14-26-45(51)47-36-50-49-35-41(44-25-13-12-24-43(44)40-30-32-54-48(34-40)46-27-15-17-29-53(46)64(54)42-22-10-5-11-23-42)31-33-55(49)65(56(50)37-52(47)60)59-62-57(38-18-6-3-7-19-38)61-58(63-59)39-20-8-4-9-21-39/h3-37H,1-2H3. The van der Waals surface area contributed by atoms with Crippen molar-refractivity contribution in [1.29, 1.82) is 0 Å². The van der Waals surface area contributed by atoms with Gasteiger partial charge in [0, 0.05) is 43.8 Å². The van der Waals surface area contributed by atoms with E-state index in [4.69, 9.17) is 15.0 Å². The Bertz CT molecular complexity index is 3790. The summed E-state index contributed by atoms with van der Waals surface area (Å²) in [6, 6.07) is 76.2. The van der Waals surface area contributed by atoms with E-state index in [9.17, 15) is 0 Å². The minimum Gasteiger partial charge on any atom is -0.309 e. The van der Waals surface area contributed by atoms with Crippen LogP contribution in [0.15, 0.2) is 212 Å². The fourth-order valence-corrected chi connectivity index (χ4v) is 10.5. The highest BCUT2D eigenvalue weighted by atomic mass is 15.2.